The van der Waals surface area contributed by atoms with Gasteiger partial charge in [0.2, 0.25) is 0 Å². The van der Waals surface area contributed by atoms with Gasteiger partial charge in [0, 0.05) is 37.6 Å². The van der Waals surface area contributed by atoms with Gasteiger partial charge in [-0.3, -0.25) is 0 Å². The highest BCUT2D eigenvalue weighted by molar-refractivity contribution is 5.70. The zero-order valence-electron chi connectivity index (χ0n) is 13.2. The number of benzene rings is 2. The molecule has 2 aromatic rings. The van der Waals surface area contributed by atoms with Crippen molar-refractivity contribution in [3.63, 3.8) is 0 Å². The van der Waals surface area contributed by atoms with Gasteiger partial charge in [-0.2, -0.15) is 0 Å². The lowest BCUT2D eigenvalue weighted by Crippen LogP contribution is -2.17. The molecule has 0 atom stereocenters. The quantitative estimate of drug-likeness (QED) is 0.818. The van der Waals surface area contributed by atoms with Crippen molar-refractivity contribution in [2.24, 2.45) is 0 Å². The fraction of sp³-hybridized carbons (Fsp3) is 0.400. The number of hydrogen-bond acceptors (Lipinski definition) is 2. The second kappa shape index (κ2) is 6.04. The summed E-state index contributed by atoms with van der Waals surface area (Å²) in [6.45, 7) is 4.84. The Kier molecular flexibility index (Phi) is 3.75. The predicted molar refractivity (Wildman–Crippen MR) is 94.8 cm³/mol. The largest absolute Gasteiger partial charge is 0.372 e. The van der Waals surface area contributed by atoms with Crippen molar-refractivity contribution in [1.29, 1.82) is 0 Å². The molecule has 0 saturated carbocycles. The van der Waals surface area contributed by atoms with Crippen molar-refractivity contribution in [3.05, 3.63) is 48.5 Å². The molecule has 2 heteroatoms. The molecule has 2 heterocycles. The fourth-order valence-corrected chi connectivity index (χ4v) is 3.70. The summed E-state index contributed by atoms with van der Waals surface area (Å²) in [6.07, 6.45) is 5.32. The SMILES string of the molecule is c1cc(-c2ccc(N3CCCC3)cc2)cc(N2CCCC2)c1. The first-order valence-electron chi connectivity index (χ1n) is 8.60. The average molecular weight is 292 g/mol. The first-order valence-corrected chi connectivity index (χ1v) is 8.60. The average Bonchev–Trinajstić information content (AvgIpc) is 3.29. The highest BCUT2D eigenvalue weighted by Gasteiger charge is 2.14. The molecule has 0 radical (unpaired) electrons. The minimum atomic E-state index is 1.21. The Morgan fingerprint density at radius 2 is 1.14 bits per heavy atom. The molecule has 22 heavy (non-hydrogen) atoms. The first kappa shape index (κ1) is 13.7. The van der Waals surface area contributed by atoms with E-state index in [2.05, 4.69) is 58.3 Å². The summed E-state index contributed by atoms with van der Waals surface area (Å²) in [5.74, 6) is 0. The Morgan fingerprint density at radius 1 is 0.545 bits per heavy atom. The van der Waals surface area contributed by atoms with Crippen LogP contribution in [-0.2, 0) is 0 Å². The molecule has 2 nitrogen and oxygen atoms in total. The van der Waals surface area contributed by atoms with E-state index in [1.807, 2.05) is 0 Å². The van der Waals surface area contributed by atoms with Crippen molar-refractivity contribution >= 4 is 11.4 Å². The molecule has 0 amide bonds. The van der Waals surface area contributed by atoms with Gasteiger partial charge in [-0.25, -0.2) is 0 Å². The van der Waals surface area contributed by atoms with Crippen molar-refractivity contribution in [1.82, 2.24) is 0 Å². The third-order valence-corrected chi connectivity index (χ3v) is 4.99. The minimum absolute atomic E-state index is 1.21. The summed E-state index contributed by atoms with van der Waals surface area (Å²) in [5.41, 5.74) is 5.40. The Bertz CT molecular complexity index is 620. The Labute approximate surface area is 133 Å². The number of nitrogens with zero attached hydrogens (tertiary/aromatic N) is 2. The normalized spacial score (nSPS) is 18.2. The molecule has 2 aliphatic heterocycles. The van der Waals surface area contributed by atoms with E-state index in [1.54, 1.807) is 0 Å². The second-order valence-electron chi connectivity index (χ2n) is 6.49. The highest BCUT2D eigenvalue weighted by atomic mass is 15.1. The summed E-state index contributed by atoms with van der Waals surface area (Å²) in [5, 5.41) is 0. The van der Waals surface area contributed by atoms with Gasteiger partial charge in [-0.1, -0.05) is 24.3 Å². The van der Waals surface area contributed by atoms with E-state index in [0.29, 0.717) is 0 Å². The van der Waals surface area contributed by atoms with Crippen LogP contribution in [0.15, 0.2) is 48.5 Å². The molecule has 114 valence electrons. The number of hydrogen-bond donors (Lipinski definition) is 0. The lowest BCUT2D eigenvalue weighted by Gasteiger charge is -2.19. The van der Waals surface area contributed by atoms with Gasteiger partial charge in [-0.05, 0) is 61.1 Å². The van der Waals surface area contributed by atoms with Crippen LogP contribution in [0.2, 0.25) is 0 Å². The number of anilines is 2. The molecular weight excluding hydrogens is 268 g/mol. The Hall–Kier alpha value is -1.96. The van der Waals surface area contributed by atoms with Gasteiger partial charge in [0.15, 0.2) is 0 Å². The topological polar surface area (TPSA) is 6.48 Å². The molecular formula is C20H24N2. The van der Waals surface area contributed by atoms with Crippen LogP contribution < -0.4 is 9.80 Å². The Morgan fingerprint density at radius 3 is 1.77 bits per heavy atom. The number of rotatable bonds is 3. The van der Waals surface area contributed by atoms with Crippen LogP contribution in [0.3, 0.4) is 0 Å². The molecule has 2 aliphatic rings. The summed E-state index contributed by atoms with van der Waals surface area (Å²) in [7, 11) is 0. The lowest BCUT2D eigenvalue weighted by atomic mass is 10.0. The summed E-state index contributed by atoms with van der Waals surface area (Å²) in [6, 6.07) is 18.1. The standard InChI is InChI=1S/C20H24N2/c1-2-13-21(12-1)19-10-8-17(9-11-19)18-6-5-7-20(16-18)22-14-3-4-15-22/h5-11,16H,1-4,12-15H2. The third kappa shape index (κ3) is 2.70. The van der Waals surface area contributed by atoms with Crippen molar-refractivity contribution in [2.45, 2.75) is 25.7 Å². The van der Waals surface area contributed by atoms with Gasteiger partial charge in [0.1, 0.15) is 0 Å². The maximum atomic E-state index is 2.50. The maximum absolute atomic E-state index is 2.50. The van der Waals surface area contributed by atoms with Gasteiger partial charge in [0.05, 0.1) is 0 Å². The van der Waals surface area contributed by atoms with Crippen LogP contribution >= 0.6 is 0 Å². The molecule has 0 aromatic heterocycles. The van der Waals surface area contributed by atoms with Crippen LogP contribution in [0.1, 0.15) is 25.7 Å². The zero-order valence-corrected chi connectivity index (χ0v) is 13.2. The minimum Gasteiger partial charge on any atom is -0.372 e. The van der Waals surface area contributed by atoms with E-state index < -0.39 is 0 Å². The summed E-state index contributed by atoms with van der Waals surface area (Å²) >= 11 is 0. The van der Waals surface area contributed by atoms with E-state index in [-0.39, 0.29) is 0 Å². The van der Waals surface area contributed by atoms with E-state index in [0.717, 1.165) is 0 Å². The smallest absolute Gasteiger partial charge is 0.0372 e. The first-order chi connectivity index (χ1) is 10.9. The van der Waals surface area contributed by atoms with E-state index in [1.165, 1.54) is 74.4 Å². The van der Waals surface area contributed by atoms with Crippen molar-refractivity contribution in [3.8, 4) is 11.1 Å². The van der Waals surface area contributed by atoms with Crippen LogP contribution in [-0.4, -0.2) is 26.2 Å². The van der Waals surface area contributed by atoms with Crippen LogP contribution in [0.5, 0.6) is 0 Å². The van der Waals surface area contributed by atoms with Gasteiger partial charge in [-0.15, -0.1) is 0 Å². The molecule has 2 saturated heterocycles. The fourth-order valence-electron chi connectivity index (χ4n) is 3.70. The summed E-state index contributed by atoms with van der Waals surface area (Å²) in [4.78, 5) is 4.99. The summed E-state index contributed by atoms with van der Waals surface area (Å²) < 4.78 is 0. The van der Waals surface area contributed by atoms with Crippen molar-refractivity contribution < 1.29 is 0 Å². The van der Waals surface area contributed by atoms with Crippen LogP contribution in [0.4, 0.5) is 11.4 Å². The molecule has 4 rings (SSSR count). The molecule has 2 aromatic carbocycles. The lowest BCUT2D eigenvalue weighted by molar-refractivity contribution is 0.949. The van der Waals surface area contributed by atoms with Crippen LogP contribution in [0, 0.1) is 0 Å². The highest BCUT2D eigenvalue weighted by Crippen LogP contribution is 2.29. The van der Waals surface area contributed by atoms with Gasteiger partial charge in [0.25, 0.3) is 0 Å². The molecule has 2 fully saturated rings. The monoisotopic (exact) mass is 292 g/mol. The van der Waals surface area contributed by atoms with E-state index in [4.69, 9.17) is 0 Å². The predicted octanol–water partition coefficient (Wildman–Crippen LogP) is 4.55. The maximum Gasteiger partial charge on any atom is 0.0372 e. The van der Waals surface area contributed by atoms with Gasteiger partial charge >= 0.3 is 0 Å². The molecule has 0 N–H and O–H groups in total. The van der Waals surface area contributed by atoms with E-state index >= 15 is 0 Å². The molecule has 0 unspecified atom stereocenters. The van der Waals surface area contributed by atoms with Crippen molar-refractivity contribution in [2.75, 3.05) is 36.0 Å². The van der Waals surface area contributed by atoms with Gasteiger partial charge < -0.3 is 9.80 Å². The second-order valence-corrected chi connectivity index (χ2v) is 6.49. The molecule has 0 bridgehead atoms. The zero-order chi connectivity index (χ0) is 14.8. The third-order valence-electron chi connectivity index (χ3n) is 4.99. The molecule has 0 spiro atoms. The molecule has 0 aliphatic carbocycles. The van der Waals surface area contributed by atoms with Crippen LogP contribution in [0.25, 0.3) is 11.1 Å². The van der Waals surface area contributed by atoms with E-state index in [9.17, 15) is 0 Å². The Balaban J connectivity index is 1.57.